The van der Waals surface area contributed by atoms with Crippen molar-refractivity contribution < 1.29 is 23.5 Å². The number of amides is 1. The molecular weight excluding hydrogens is 630 g/mol. The Morgan fingerprint density at radius 1 is 1.11 bits per heavy atom. The van der Waals surface area contributed by atoms with Crippen LogP contribution in [0.2, 0.25) is 10.0 Å². The Labute approximate surface area is 280 Å². The number of fused-ring (bicyclic) bond motifs is 2. The molecule has 1 saturated heterocycles. The maximum Gasteiger partial charge on any atom is 0.325 e. The number of benzene rings is 2. The average Bonchev–Trinajstić information content (AvgIpc) is 3.27. The fourth-order valence-electron chi connectivity index (χ4n) is 8.27. The maximum atomic E-state index is 15.9. The first-order chi connectivity index (χ1) is 21.5. The van der Waals surface area contributed by atoms with Crippen LogP contribution in [-0.4, -0.2) is 47.9 Å². The van der Waals surface area contributed by atoms with E-state index in [0.717, 1.165) is 19.3 Å². The number of ketones is 1. The summed E-state index contributed by atoms with van der Waals surface area (Å²) < 4.78 is 21.9. The summed E-state index contributed by atoms with van der Waals surface area (Å²) in [6.45, 7) is 9.68. The number of primary amides is 1. The van der Waals surface area contributed by atoms with Gasteiger partial charge in [-0.3, -0.25) is 14.4 Å². The first kappa shape index (κ1) is 34.6. The van der Waals surface area contributed by atoms with Crippen LogP contribution in [0.15, 0.2) is 36.4 Å². The van der Waals surface area contributed by atoms with Gasteiger partial charge in [0.1, 0.15) is 17.5 Å². The lowest BCUT2D eigenvalue weighted by Gasteiger charge is -2.46. The van der Waals surface area contributed by atoms with Crippen molar-refractivity contribution in [3.05, 3.63) is 63.4 Å². The number of hydrogen-bond acceptors (Lipinski definition) is 7. The van der Waals surface area contributed by atoms with E-state index in [-0.39, 0.29) is 34.9 Å². The second-order valence-electron chi connectivity index (χ2n) is 15.0. The Morgan fingerprint density at radius 2 is 1.83 bits per heavy atom. The number of esters is 1. The Hall–Kier alpha value is -2.72. The number of nitrogens with one attached hydrogen (secondary N) is 2. The van der Waals surface area contributed by atoms with E-state index in [4.69, 9.17) is 39.4 Å². The fourth-order valence-corrected chi connectivity index (χ4v) is 8.62. The first-order valence-corrected chi connectivity index (χ1v) is 16.8. The zero-order valence-corrected chi connectivity index (χ0v) is 28.6. The lowest BCUT2D eigenvalue weighted by atomic mass is 9.57. The summed E-state index contributed by atoms with van der Waals surface area (Å²) in [7, 11) is 0. The predicted molar refractivity (Wildman–Crippen MR) is 178 cm³/mol. The van der Waals surface area contributed by atoms with Crippen LogP contribution in [0.4, 0.5) is 10.1 Å². The number of anilines is 1. The minimum absolute atomic E-state index is 0.0385. The summed E-state index contributed by atoms with van der Waals surface area (Å²) in [6.07, 6.45) is 3.41. The zero-order chi connectivity index (χ0) is 33.8. The number of Topliss-reactive ketones (excluding diaryl/α,β-unsaturated/α-hetero) is 1. The molecule has 1 saturated carbocycles. The monoisotopic (exact) mass is 674 g/mol. The van der Waals surface area contributed by atoms with Crippen molar-refractivity contribution in [3.63, 3.8) is 0 Å². The standard InChI is InChI=1S/C35H45Cl2FN4O4/c1-18-9-12-25(46-32(45)34(4,5)40)19(13-18)15-33(2,3)16-26-35(22-11-10-20(36)14-24(22)41-17-27(35)43)28(30(42-26)31(39)44)21-7-6-8-23(37)29(21)38/h6-8,10-11,14,18-19,25-26,28,30,41-42H,9,12-13,15-17,40H2,1-5H3,(H2,39,44)/t18?,19?,25-,26+,28-,30+,35+/m0/s1. The SMILES string of the molecule is CC1CC[C@H](OC(=O)C(C)(C)N)C(CC(C)(C)C[C@H]2N[C@@H](C(N)=O)[C@H](c3cccc(Cl)c3F)[C@@]23C(=O)CNc2cc(Cl)ccc23)C1. The number of ether oxygens (including phenoxy) is 1. The van der Waals surface area contributed by atoms with Gasteiger partial charge in [-0.1, -0.05) is 62.2 Å². The highest BCUT2D eigenvalue weighted by Gasteiger charge is 2.64. The molecule has 2 aliphatic heterocycles. The van der Waals surface area contributed by atoms with Crippen molar-refractivity contribution in [1.29, 1.82) is 0 Å². The average molecular weight is 676 g/mol. The van der Waals surface area contributed by atoms with Crippen molar-refractivity contribution in [2.24, 2.45) is 28.7 Å². The molecule has 5 rings (SSSR count). The topological polar surface area (TPSA) is 137 Å². The molecule has 2 aromatic rings. The summed E-state index contributed by atoms with van der Waals surface area (Å²) in [5, 5.41) is 6.98. The van der Waals surface area contributed by atoms with Gasteiger partial charge in [-0.25, -0.2) is 4.39 Å². The number of carbonyl (C=O) groups is 3. The van der Waals surface area contributed by atoms with Gasteiger partial charge in [-0.05, 0) is 92.5 Å². The first-order valence-electron chi connectivity index (χ1n) is 16.0. The molecule has 0 radical (unpaired) electrons. The van der Waals surface area contributed by atoms with Crippen LogP contribution in [0, 0.1) is 23.1 Å². The Balaban J connectivity index is 1.59. The molecule has 0 aromatic heterocycles. The van der Waals surface area contributed by atoms with E-state index < -0.39 is 52.1 Å². The Morgan fingerprint density at radius 3 is 2.50 bits per heavy atom. The molecule has 8 nitrogen and oxygen atoms in total. The zero-order valence-electron chi connectivity index (χ0n) is 27.1. The van der Waals surface area contributed by atoms with Gasteiger partial charge in [0.2, 0.25) is 5.91 Å². The smallest absolute Gasteiger partial charge is 0.325 e. The predicted octanol–water partition coefficient (Wildman–Crippen LogP) is 5.87. The molecule has 7 atom stereocenters. The molecule has 1 aliphatic carbocycles. The molecule has 250 valence electrons. The van der Waals surface area contributed by atoms with Gasteiger partial charge in [-0.15, -0.1) is 0 Å². The highest BCUT2D eigenvalue weighted by Crippen LogP contribution is 2.56. The van der Waals surface area contributed by atoms with Gasteiger partial charge in [0, 0.05) is 22.7 Å². The van der Waals surface area contributed by atoms with Gasteiger partial charge in [0.05, 0.1) is 23.0 Å². The largest absolute Gasteiger partial charge is 0.461 e. The molecule has 2 aromatic carbocycles. The molecule has 6 N–H and O–H groups in total. The molecule has 3 aliphatic rings. The number of nitrogens with two attached hydrogens (primary N) is 2. The van der Waals surface area contributed by atoms with E-state index >= 15 is 4.39 Å². The summed E-state index contributed by atoms with van der Waals surface area (Å²) in [6, 6.07) is 8.20. The number of carbonyl (C=O) groups excluding carboxylic acids is 3. The van der Waals surface area contributed by atoms with Crippen LogP contribution in [0.25, 0.3) is 0 Å². The van der Waals surface area contributed by atoms with Crippen molar-refractivity contribution in [2.45, 2.75) is 102 Å². The van der Waals surface area contributed by atoms with E-state index in [9.17, 15) is 14.4 Å². The van der Waals surface area contributed by atoms with Crippen LogP contribution >= 0.6 is 23.2 Å². The molecule has 2 fully saturated rings. The van der Waals surface area contributed by atoms with Gasteiger partial charge in [0.25, 0.3) is 0 Å². The van der Waals surface area contributed by atoms with Crippen molar-refractivity contribution >= 4 is 46.5 Å². The quantitative estimate of drug-likeness (QED) is 0.257. The summed E-state index contributed by atoms with van der Waals surface area (Å²) in [4.78, 5) is 40.5. The van der Waals surface area contributed by atoms with E-state index in [2.05, 4.69) is 31.4 Å². The lowest BCUT2D eigenvalue weighted by molar-refractivity contribution is -0.160. The molecule has 2 heterocycles. The Kier molecular flexibility index (Phi) is 9.57. The van der Waals surface area contributed by atoms with Crippen LogP contribution in [0.5, 0.6) is 0 Å². The fraction of sp³-hybridized carbons (Fsp3) is 0.571. The van der Waals surface area contributed by atoms with E-state index in [1.807, 2.05) is 0 Å². The van der Waals surface area contributed by atoms with Crippen LogP contribution < -0.4 is 22.1 Å². The van der Waals surface area contributed by atoms with Gasteiger partial charge >= 0.3 is 5.97 Å². The summed E-state index contributed by atoms with van der Waals surface area (Å²) >= 11 is 12.7. The van der Waals surface area contributed by atoms with Gasteiger partial charge in [-0.2, -0.15) is 0 Å². The lowest BCUT2D eigenvalue weighted by Crippen LogP contribution is -2.55. The third-order valence-corrected chi connectivity index (χ3v) is 10.8. The van der Waals surface area contributed by atoms with E-state index in [1.165, 1.54) is 6.07 Å². The van der Waals surface area contributed by atoms with E-state index in [1.54, 1.807) is 44.2 Å². The van der Waals surface area contributed by atoms with Gasteiger partial charge in [0.15, 0.2) is 5.78 Å². The number of hydrogen-bond donors (Lipinski definition) is 4. The molecule has 0 bridgehead atoms. The van der Waals surface area contributed by atoms with Crippen molar-refractivity contribution in [3.8, 4) is 0 Å². The summed E-state index contributed by atoms with van der Waals surface area (Å²) in [5.74, 6) is -2.46. The minimum Gasteiger partial charge on any atom is -0.461 e. The van der Waals surface area contributed by atoms with Crippen LogP contribution in [0.3, 0.4) is 0 Å². The summed E-state index contributed by atoms with van der Waals surface area (Å²) in [5.41, 5.74) is 10.6. The minimum atomic E-state index is -1.37. The molecule has 2 unspecified atom stereocenters. The second kappa shape index (κ2) is 12.7. The van der Waals surface area contributed by atoms with Crippen molar-refractivity contribution in [2.75, 3.05) is 11.9 Å². The number of halogens is 3. The Bertz CT molecular complexity index is 1530. The van der Waals surface area contributed by atoms with Crippen LogP contribution in [0.1, 0.15) is 83.8 Å². The third-order valence-electron chi connectivity index (χ3n) is 10.2. The molecule has 11 heteroatoms. The number of rotatable bonds is 8. The highest BCUT2D eigenvalue weighted by atomic mass is 35.5. The molecular formula is C35H45Cl2FN4O4. The highest BCUT2D eigenvalue weighted by molar-refractivity contribution is 6.31. The normalized spacial score (nSPS) is 29.7. The van der Waals surface area contributed by atoms with E-state index in [0.29, 0.717) is 35.0 Å². The van der Waals surface area contributed by atoms with Gasteiger partial charge < -0.3 is 26.8 Å². The van der Waals surface area contributed by atoms with Crippen LogP contribution in [-0.2, 0) is 24.5 Å². The maximum absolute atomic E-state index is 15.9. The molecule has 1 amide bonds. The van der Waals surface area contributed by atoms with Crippen molar-refractivity contribution in [1.82, 2.24) is 5.32 Å². The third kappa shape index (κ3) is 6.40. The molecule has 46 heavy (non-hydrogen) atoms. The molecule has 1 spiro atoms. The second-order valence-corrected chi connectivity index (χ2v) is 15.8.